The maximum atomic E-state index is 5.07. The van der Waals surface area contributed by atoms with Crippen LogP contribution in [0.5, 0.6) is 5.75 Å². The third-order valence-corrected chi connectivity index (χ3v) is 2.68. The molecule has 0 unspecified atom stereocenters. The highest BCUT2D eigenvalue weighted by Gasteiger charge is 2.00. The zero-order valence-corrected chi connectivity index (χ0v) is 9.67. The molecule has 0 fully saturated rings. The summed E-state index contributed by atoms with van der Waals surface area (Å²) in [6, 6.07) is 8.15. The normalized spacial score (nSPS) is 10.3. The molecule has 0 aliphatic carbocycles. The van der Waals surface area contributed by atoms with Gasteiger partial charge in [0.05, 0.1) is 0 Å². The molecular formula is C14H21O. The molecule has 15 heavy (non-hydrogen) atoms. The lowest BCUT2D eigenvalue weighted by atomic mass is 10.0. The summed E-state index contributed by atoms with van der Waals surface area (Å²) in [5.41, 5.74) is 1.28. The fourth-order valence-electron chi connectivity index (χ4n) is 1.77. The predicted octanol–water partition coefficient (Wildman–Crippen LogP) is 4.37. The Morgan fingerprint density at radius 3 is 2.53 bits per heavy atom. The molecule has 0 aliphatic heterocycles. The van der Waals surface area contributed by atoms with E-state index >= 15 is 0 Å². The molecule has 0 saturated heterocycles. The minimum Gasteiger partial charge on any atom is -0.490 e. The molecule has 1 aromatic rings. The van der Waals surface area contributed by atoms with Crippen LogP contribution >= 0.6 is 0 Å². The molecule has 0 atom stereocenters. The lowest BCUT2D eigenvalue weighted by molar-refractivity contribution is 0.465. The first-order chi connectivity index (χ1) is 7.38. The van der Waals surface area contributed by atoms with Gasteiger partial charge >= 0.3 is 0 Å². The van der Waals surface area contributed by atoms with Gasteiger partial charge in [0.2, 0.25) is 0 Å². The fourth-order valence-corrected chi connectivity index (χ4v) is 1.77. The van der Waals surface area contributed by atoms with Crippen molar-refractivity contribution in [3.8, 4) is 5.75 Å². The van der Waals surface area contributed by atoms with Gasteiger partial charge in [-0.25, -0.2) is 0 Å². The second-order valence-electron chi connectivity index (χ2n) is 3.92. The number of unbranched alkanes of at least 4 members (excludes halogenated alkanes) is 4. The fraction of sp³-hybridized carbons (Fsp3) is 0.500. The molecule has 1 radical (unpaired) electrons. The van der Waals surface area contributed by atoms with Crippen molar-refractivity contribution in [2.75, 3.05) is 0 Å². The molecule has 0 aliphatic rings. The molecule has 1 rings (SSSR count). The van der Waals surface area contributed by atoms with E-state index in [1.807, 2.05) is 12.1 Å². The Kier molecular flexibility index (Phi) is 5.91. The van der Waals surface area contributed by atoms with E-state index in [1.165, 1.54) is 37.7 Å². The lowest BCUT2D eigenvalue weighted by Crippen LogP contribution is -1.90. The number of aryl methyl sites for hydroxylation is 1. The van der Waals surface area contributed by atoms with E-state index in [-0.39, 0.29) is 0 Å². The van der Waals surface area contributed by atoms with Crippen LogP contribution in [0.2, 0.25) is 0 Å². The third-order valence-electron chi connectivity index (χ3n) is 2.68. The summed E-state index contributed by atoms with van der Waals surface area (Å²) in [7, 11) is 3.47. The van der Waals surface area contributed by atoms with Crippen molar-refractivity contribution in [2.24, 2.45) is 0 Å². The summed E-state index contributed by atoms with van der Waals surface area (Å²) in [6.45, 7) is 2.24. The molecule has 1 nitrogen and oxygen atoms in total. The summed E-state index contributed by atoms with van der Waals surface area (Å²) < 4.78 is 5.07. The first-order valence-corrected chi connectivity index (χ1v) is 5.88. The number of para-hydroxylation sites is 1. The molecule has 0 N–H and O–H groups in total. The van der Waals surface area contributed by atoms with Crippen LogP contribution in [0.25, 0.3) is 0 Å². The van der Waals surface area contributed by atoms with E-state index in [1.54, 1.807) is 0 Å². The third kappa shape index (κ3) is 4.37. The van der Waals surface area contributed by atoms with Gasteiger partial charge in [-0.15, -0.1) is 0 Å². The van der Waals surface area contributed by atoms with Crippen LogP contribution in [0, 0.1) is 7.11 Å². The van der Waals surface area contributed by atoms with Crippen molar-refractivity contribution in [3.05, 3.63) is 36.9 Å². The van der Waals surface area contributed by atoms with E-state index in [4.69, 9.17) is 4.74 Å². The molecule has 0 bridgehead atoms. The quantitative estimate of drug-likeness (QED) is 0.601. The number of benzene rings is 1. The highest BCUT2D eigenvalue weighted by Crippen LogP contribution is 2.20. The maximum absolute atomic E-state index is 5.07. The Morgan fingerprint density at radius 1 is 1.07 bits per heavy atom. The molecule has 83 valence electrons. The minimum atomic E-state index is 0.924. The average molecular weight is 205 g/mol. The lowest BCUT2D eigenvalue weighted by Gasteiger charge is -2.07. The zero-order valence-electron chi connectivity index (χ0n) is 9.67. The van der Waals surface area contributed by atoms with Crippen LogP contribution in [0.3, 0.4) is 0 Å². The Labute approximate surface area is 93.5 Å². The van der Waals surface area contributed by atoms with Crippen molar-refractivity contribution in [1.82, 2.24) is 0 Å². The predicted molar refractivity (Wildman–Crippen MR) is 64.9 cm³/mol. The molecule has 1 heteroatoms. The summed E-state index contributed by atoms with van der Waals surface area (Å²) in [5.74, 6) is 0.924. The highest BCUT2D eigenvalue weighted by molar-refractivity contribution is 5.33. The highest BCUT2D eigenvalue weighted by atomic mass is 16.5. The van der Waals surface area contributed by atoms with E-state index in [2.05, 4.69) is 26.2 Å². The van der Waals surface area contributed by atoms with Crippen LogP contribution in [-0.2, 0) is 6.42 Å². The van der Waals surface area contributed by atoms with Crippen LogP contribution in [0.4, 0.5) is 0 Å². The van der Waals surface area contributed by atoms with Gasteiger partial charge in [-0.05, 0) is 24.5 Å². The van der Waals surface area contributed by atoms with Crippen molar-refractivity contribution >= 4 is 0 Å². The largest absolute Gasteiger partial charge is 0.490 e. The van der Waals surface area contributed by atoms with Crippen LogP contribution in [-0.4, -0.2) is 0 Å². The number of hydrogen-bond donors (Lipinski definition) is 0. The Hall–Kier alpha value is -0.980. The Morgan fingerprint density at radius 2 is 1.80 bits per heavy atom. The van der Waals surface area contributed by atoms with Gasteiger partial charge in [0.25, 0.3) is 0 Å². The van der Waals surface area contributed by atoms with E-state index in [0.29, 0.717) is 0 Å². The summed E-state index contributed by atoms with van der Waals surface area (Å²) in [6.07, 6.45) is 7.69. The van der Waals surface area contributed by atoms with E-state index < -0.39 is 0 Å². The van der Waals surface area contributed by atoms with Crippen molar-refractivity contribution in [3.63, 3.8) is 0 Å². The number of rotatable bonds is 7. The van der Waals surface area contributed by atoms with Crippen molar-refractivity contribution in [1.29, 1.82) is 0 Å². The minimum absolute atomic E-state index is 0.924. The summed E-state index contributed by atoms with van der Waals surface area (Å²) in [4.78, 5) is 0. The molecule has 0 amide bonds. The SMILES string of the molecule is [CH2]Oc1ccccc1CCCCCCC. The first-order valence-electron chi connectivity index (χ1n) is 5.88. The summed E-state index contributed by atoms with van der Waals surface area (Å²) >= 11 is 0. The van der Waals surface area contributed by atoms with Crippen LogP contribution in [0.15, 0.2) is 24.3 Å². The summed E-state index contributed by atoms with van der Waals surface area (Å²) in [5, 5.41) is 0. The van der Waals surface area contributed by atoms with Gasteiger partial charge in [0.15, 0.2) is 0 Å². The van der Waals surface area contributed by atoms with Gasteiger partial charge < -0.3 is 4.74 Å². The number of hydrogen-bond acceptors (Lipinski definition) is 1. The van der Waals surface area contributed by atoms with Crippen LogP contribution < -0.4 is 4.74 Å². The number of ether oxygens (including phenoxy) is 1. The molecule has 0 heterocycles. The molecular weight excluding hydrogens is 184 g/mol. The van der Waals surface area contributed by atoms with Gasteiger partial charge in [-0.2, -0.15) is 0 Å². The second kappa shape index (κ2) is 7.33. The van der Waals surface area contributed by atoms with Crippen molar-refractivity contribution < 1.29 is 4.74 Å². The topological polar surface area (TPSA) is 9.23 Å². The average Bonchev–Trinajstić information content (AvgIpc) is 2.29. The zero-order chi connectivity index (χ0) is 10.9. The standard InChI is InChI=1S/C14H21O/c1-3-4-5-6-7-10-13-11-8-9-12-14(13)15-2/h8-9,11-12H,2-7,10H2,1H3. The van der Waals surface area contributed by atoms with Gasteiger partial charge in [-0.3, -0.25) is 0 Å². The smallest absolute Gasteiger partial charge is 0.122 e. The second-order valence-corrected chi connectivity index (χ2v) is 3.92. The van der Waals surface area contributed by atoms with Gasteiger partial charge in [-0.1, -0.05) is 50.8 Å². The van der Waals surface area contributed by atoms with Gasteiger partial charge in [0, 0.05) is 0 Å². The van der Waals surface area contributed by atoms with E-state index in [0.717, 1.165) is 12.2 Å². The Balaban J connectivity index is 2.30. The van der Waals surface area contributed by atoms with Gasteiger partial charge in [0.1, 0.15) is 12.9 Å². The molecule has 0 spiro atoms. The molecule has 1 aromatic carbocycles. The van der Waals surface area contributed by atoms with Crippen molar-refractivity contribution in [2.45, 2.75) is 45.4 Å². The molecule has 0 aromatic heterocycles. The maximum Gasteiger partial charge on any atom is 0.122 e. The molecule has 0 saturated carbocycles. The van der Waals surface area contributed by atoms with E-state index in [9.17, 15) is 0 Å². The Bertz CT molecular complexity index is 268. The monoisotopic (exact) mass is 205 g/mol. The first kappa shape index (κ1) is 12.1. The van der Waals surface area contributed by atoms with Crippen LogP contribution in [0.1, 0.15) is 44.6 Å².